The number of anilines is 2. The Labute approximate surface area is 152 Å². The van der Waals surface area contributed by atoms with E-state index in [1.807, 2.05) is 45.0 Å². The van der Waals surface area contributed by atoms with Gasteiger partial charge in [-0.2, -0.15) is 0 Å². The van der Waals surface area contributed by atoms with Crippen LogP contribution in [0.2, 0.25) is 0 Å². The number of hydrogen-bond acceptors (Lipinski definition) is 6. The average Bonchev–Trinajstić information content (AvgIpc) is 2.82. The molecule has 4 rings (SSSR count). The summed E-state index contributed by atoms with van der Waals surface area (Å²) in [5.41, 5.74) is 5.21. The highest BCUT2D eigenvalue weighted by atomic mass is 16.3. The number of fused-ring (bicyclic) bond motifs is 1. The Balaban J connectivity index is 1.89. The summed E-state index contributed by atoms with van der Waals surface area (Å²) in [6.45, 7) is 7.88. The van der Waals surface area contributed by atoms with E-state index in [1.54, 1.807) is 6.20 Å². The van der Waals surface area contributed by atoms with Crippen molar-refractivity contribution < 1.29 is 5.11 Å². The summed E-state index contributed by atoms with van der Waals surface area (Å²) in [5, 5.41) is 11.1. The van der Waals surface area contributed by atoms with Gasteiger partial charge in [-0.25, -0.2) is 19.9 Å². The van der Waals surface area contributed by atoms with Crippen molar-refractivity contribution in [1.29, 1.82) is 0 Å². The summed E-state index contributed by atoms with van der Waals surface area (Å²) >= 11 is 0. The summed E-state index contributed by atoms with van der Waals surface area (Å²) in [6.07, 6.45) is 6.21. The highest BCUT2D eigenvalue weighted by Crippen LogP contribution is 2.49. The molecule has 0 fully saturated rings. The lowest BCUT2D eigenvalue weighted by atomic mass is 9.85. The van der Waals surface area contributed by atoms with Crippen molar-refractivity contribution in [2.45, 2.75) is 39.3 Å². The number of rotatable bonds is 2. The maximum atomic E-state index is 11.1. The van der Waals surface area contributed by atoms with Crippen LogP contribution in [0.3, 0.4) is 0 Å². The van der Waals surface area contributed by atoms with E-state index in [0.717, 1.165) is 39.6 Å². The van der Waals surface area contributed by atoms with Gasteiger partial charge in [-0.3, -0.25) is 0 Å². The molecule has 1 N–H and O–H groups in total. The molecule has 0 saturated heterocycles. The highest BCUT2D eigenvalue weighted by molar-refractivity contribution is 5.79. The predicted molar refractivity (Wildman–Crippen MR) is 100 cm³/mol. The molecule has 0 spiro atoms. The third kappa shape index (κ3) is 2.45. The lowest BCUT2D eigenvalue weighted by Gasteiger charge is -2.30. The third-order valence-corrected chi connectivity index (χ3v) is 5.10. The quantitative estimate of drug-likeness (QED) is 0.767. The van der Waals surface area contributed by atoms with Gasteiger partial charge in [-0.05, 0) is 31.0 Å². The van der Waals surface area contributed by atoms with Crippen LogP contribution in [0.5, 0.6) is 0 Å². The van der Waals surface area contributed by atoms with E-state index >= 15 is 0 Å². The summed E-state index contributed by atoms with van der Waals surface area (Å²) in [5.74, 6) is 0.741. The molecule has 2 aromatic heterocycles. The number of nitrogens with zero attached hydrogens (tertiary/aromatic N) is 5. The SMILES string of the molecule is Cc1ncc(-c2ccc3c(c2)N(c2cncnc2C)C(O)C3(C)C)cn1. The maximum absolute atomic E-state index is 11.1. The van der Waals surface area contributed by atoms with Crippen LogP contribution in [0.25, 0.3) is 11.1 Å². The van der Waals surface area contributed by atoms with E-state index in [2.05, 4.69) is 38.1 Å². The van der Waals surface area contributed by atoms with Crippen LogP contribution in [0.1, 0.15) is 30.9 Å². The first kappa shape index (κ1) is 16.6. The van der Waals surface area contributed by atoms with Crippen LogP contribution in [-0.4, -0.2) is 31.3 Å². The standard InChI is InChI=1S/C20H21N5O/c1-12-18(10-21-11-24-12)25-17-7-14(15-8-22-13(2)23-9-15)5-6-16(17)20(3,4)19(25)26/h5-11,19,26H,1-4H3. The summed E-state index contributed by atoms with van der Waals surface area (Å²) in [4.78, 5) is 18.9. The zero-order valence-corrected chi connectivity index (χ0v) is 15.3. The first-order chi connectivity index (χ1) is 12.4. The molecule has 26 heavy (non-hydrogen) atoms. The zero-order chi connectivity index (χ0) is 18.5. The minimum Gasteiger partial charge on any atom is -0.372 e. The molecule has 1 aromatic carbocycles. The minimum atomic E-state index is -0.702. The number of aromatic nitrogens is 4. The lowest BCUT2D eigenvalue weighted by Crippen LogP contribution is -2.39. The first-order valence-electron chi connectivity index (χ1n) is 8.57. The molecule has 0 saturated carbocycles. The Morgan fingerprint density at radius 3 is 2.38 bits per heavy atom. The number of aryl methyl sites for hydroxylation is 2. The van der Waals surface area contributed by atoms with Crippen LogP contribution < -0.4 is 4.90 Å². The smallest absolute Gasteiger partial charge is 0.140 e. The molecule has 6 heteroatoms. The Kier molecular flexibility index (Phi) is 3.73. The van der Waals surface area contributed by atoms with E-state index in [1.165, 1.54) is 6.33 Å². The van der Waals surface area contributed by atoms with Gasteiger partial charge in [0.05, 0.1) is 17.6 Å². The van der Waals surface area contributed by atoms with Gasteiger partial charge >= 0.3 is 0 Å². The van der Waals surface area contributed by atoms with Crippen molar-refractivity contribution in [1.82, 2.24) is 19.9 Å². The fraction of sp³-hybridized carbons (Fsp3) is 0.300. The van der Waals surface area contributed by atoms with Gasteiger partial charge in [0, 0.05) is 29.1 Å². The molecule has 3 aromatic rings. The number of aliphatic hydroxyl groups excluding tert-OH is 1. The Hall–Kier alpha value is -2.86. The van der Waals surface area contributed by atoms with Gasteiger partial charge in [0.15, 0.2) is 0 Å². The fourth-order valence-electron chi connectivity index (χ4n) is 3.47. The minimum absolute atomic E-state index is 0.417. The van der Waals surface area contributed by atoms with Gasteiger partial charge in [-0.15, -0.1) is 0 Å². The molecule has 1 aliphatic rings. The Bertz CT molecular complexity index is 968. The molecule has 1 unspecified atom stereocenters. The van der Waals surface area contributed by atoms with Gasteiger partial charge in [0.25, 0.3) is 0 Å². The van der Waals surface area contributed by atoms with Gasteiger partial charge in [-0.1, -0.05) is 26.0 Å². The van der Waals surface area contributed by atoms with Crippen molar-refractivity contribution in [2.24, 2.45) is 0 Å². The van der Waals surface area contributed by atoms with Crippen molar-refractivity contribution in [2.75, 3.05) is 4.90 Å². The van der Waals surface area contributed by atoms with Crippen LogP contribution in [0.15, 0.2) is 43.1 Å². The van der Waals surface area contributed by atoms with E-state index in [-0.39, 0.29) is 0 Å². The topological polar surface area (TPSA) is 75.0 Å². The van der Waals surface area contributed by atoms with Crippen molar-refractivity contribution in [3.63, 3.8) is 0 Å². The molecule has 0 radical (unpaired) electrons. The fourth-order valence-corrected chi connectivity index (χ4v) is 3.47. The van der Waals surface area contributed by atoms with Gasteiger partial charge in [0.2, 0.25) is 0 Å². The van der Waals surface area contributed by atoms with E-state index in [9.17, 15) is 5.11 Å². The summed E-state index contributed by atoms with van der Waals surface area (Å²) in [6, 6.07) is 6.21. The van der Waals surface area contributed by atoms with E-state index < -0.39 is 11.6 Å². The van der Waals surface area contributed by atoms with Gasteiger partial charge in [0.1, 0.15) is 18.4 Å². The van der Waals surface area contributed by atoms with Gasteiger partial charge < -0.3 is 10.0 Å². The monoisotopic (exact) mass is 347 g/mol. The molecule has 0 amide bonds. The Morgan fingerprint density at radius 2 is 1.69 bits per heavy atom. The van der Waals surface area contributed by atoms with Crippen LogP contribution in [-0.2, 0) is 5.41 Å². The Morgan fingerprint density at radius 1 is 0.962 bits per heavy atom. The molecule has 132 valence electrons. The molecular weight excluding hydrogens is 326 g/mol. The van der Waals surface area contributed by atoms with Crippen molar-refractivity contribution in [3.8, 4) is 11.1 Å². The normalized spacial score (nSPS) is 18.0. The molecule has 3 heterocycles. The second-order valence-electron chi connectivity index (χ2n) is 7.21. The van der Waals surface area contributed by atoms with E-state index in [0.29, 0.717) is 0 Å². The number of hydrogen-bond donors (Lipinski definition) is 1. The maximum Gasteiger partial charge on any atom is 0.140 e. The van der Waals surface area contributed by atoms with Crippen molar-refractivity contribution in [3.05, 3.63) is 60.2 Å². The summed E-state index contributed by atoms with van der Waals surface area (Å²) in [7, 11) is 0. The molecule has 1 atom stereocenters. The number of aliphatic hydroxyl groups is 1. The third-order valence-electron chi connectivity index (χ3n) is 5.10. The molecule has 0 aliphatic carbocycles. The van der Waals surface area contributed by atoms with Crippen LogP contribution in [0.4, 0.5) is 11.4 Å². The van der Waals surface area contributed by atoms with Crippen LogP contribution >= 0.6 is 0 Å². The second kappa shape index (κ2) is 5.85. The molecule has 0 bridgehead atoms. The molecular formula is C20H21N5O. The second-order valence-corrected chi connectivity index (χ2v) is 7.21. The van der Waals surface area contributed by atoms with Crippen LogP contribution in [0, 0.1) is 13.8 Å². The largest absolute Gasteiger partial charge is 0.372 e. The summed E-state index contributed by atoms with van der Waals surface area (Å²) < 4.78 is 0. The molecule has 6 nitrogen and oxygen atoms in total. The predicted octanol–water partition coefficient (Wildman–Crippen LogP) is 3.30. The van der Waals surface area contributed by atoms with E-state index in [4.69, 9.17) is 0 Å². The highest BCUT2D eigenvalue weighted by Gasteiger charge is 2.45. The molecule has 1 aliphatic heterocycles. The lowest BCUT2D eigenvalue weighted by molar-refractivity contribution is 0.119. The average molecular weight is 347 g/mol. The first-order valence-corrected chi connectivity index (χ1v) is 8.57. The zero-order valence-electron chi connectivity index (χ0n) is 15.3. The van der Waals surface area contributed by atoms with Crippen molar-refractivity contribution >= 4 is 11.4 Å². The number of benzene rings is 1.